The Balaban J connectivity index is 1.73. The molecule has 0 aliphatic rings. The van der Waals surface area contributed by atoms with Crippen molar-refractivity contribution in [2.75, 3.05) is 11.1 Å². The van der Waals surface area contributed by atoms with Crippen molar-refractivity contribution in [3.05, 3.63) is 42.0 Å². The highest BCUT2D eigenvalue weighted by Gasteiger charge is 2.17. The van der Waals surface area contributed by atoms with Crippen LogP contribution in [0.25, 0.3) is 22.5 Å². The van der Waals surface area contributed by atoms with Gasteiger partial charge in [-0.2, -0.15) is 15.0 Å². The largest absolute Gasteiger partial charge is 0.390 e. The summed E-state index contributed by atoms with van der Waals surface area (Å²) in [6, 6.07) is 5.70. The second-order valence-corrected chi connectivity index (χ2v) is 8.83. The highest BCUT2D eigenvalue weighted by atomic mass is 16.3. The van der Waals surface area contributed by atoms with E-state index < -0.39 is 5.60 Å². The number of nitrogens with zero attached hydrogens (tertiary/aromatic N) is 8. The van der Waals surface area contributed by atoms with E-state index in [1.807, 2.05) is 32.2 Å². The molecule has 33 heavy (non-hydrogen) atoms. The lowest BCUT2D eigenvalue weighted by Crippen LogP contribution is -2.19. The lowest BCUT2D eigenvalue weighted by molar-refractivity contribution is 0.0711. The Labute approximate surface area is 190 Å². The molecule has 4 N–H and O–H groups in total. The Morgan fingerprint density at radius 1 is 1.27 bits per heavy atom. The van der Waals surface area contributed by atoms with Crippen LogP contribution in [0.15, 0.2) is 30.7 Å². The van der Waals surface area contributed by atoms with E-state index in [0.717, 1.165) is 17.1 Å². The van der Waals surface area contributed by atoms with Crippen molar-refractivity contribution >= 4 is 22.5 Å². The monoisotopic (exact) mass is 446 g/mol. The van der Waals surface area contributed by atoms with Gasteiger partial charge in [-0.05, 0) is 46.6 Å². The maximum atomic E-state index is 9.98. The molecule has 0 saturated heterocycles. The second kappa shape index (κ2) is 8.48. The second-order valence-electron chi connectivity index (χ2n) is 8.83. The van der Waals surface area contributed by atoms with Crippen molar-refractivity contribution in [3.63, 3.8) is 0 Å². The molecule has 0 aromatic carbocycles. The average molecular weight is 447 g/mol. The summed E-state index contributed by atoms with van der Waals surface area (Å²) in [6.45, 7) is 7.62. The number of fused-ring (bicyclic) bond motifs is 1. The Hall–Kier alpha value is -4.04. The fourth-order valence-corrected chi connectivity index (χ4v) is 3.36. The molecule has 0 aliphatic heterocycles. The molecule has 0 bridgehead atoms. The number of hydrogen-bond donors (Lipinski definition) is 3. The fraction of sp³-hybridized carbons (Fsp3) is 0.364. The number of nitriles is 1. The average Bonchev–Trinajstić information content (AvgIpc) is 3.37. The van der Waals surface area contributed by atoms with E-state index in [-0.39, 0.29) is 11.9 Å². The van der Waals surface area contributed by atoms with Gasteiger partial charge < -0.3 is 16.2 Å². The predicted octanol–water partition coefficient (Wildman–Crippen LogP) is 2.37. The number of nitrogens with one attached hydrogen (secondary N) is 1. The highest BCUT2D eigenvalue weighted by molar-refractivity contribution is 5.80. The van der Waals surface area contributed by atoms with Crippen LogP contribution in [-0.4, -0.2) is 51.5 Å². The van der Waals surface area contributed by atoms with E-state index in [4.69, 9.17) is 5.73 Å². The Bertz CT molecular complexity index is 1340. The number of aryl methyl sites for hydroxylation is 1. The zero-order valence-electron chi connectivity index (χ0n) is 19.0. The third-order valence-electron chi connectivity index (χ3n) is 5.00. The van der Waals surface area contributed by atoms with Crippen molar-refractivity contribution in [3.8, 4) is 17.6 Å². The van der Waals surface area contributed by atoms with Crippen LogP contribution in [0, 0.1) is 11.3 Å². The zero-order chi connectivity index (χ0) is 23.8. The van der Waals surface area contributed by atoms with Gasteiger partial charge in [0.15, 0.2) is 11.5 Å². The molecule has 0 radical (unpaired) electrons. The van der Waals surface area contributed by atoms with Crippen molar-refractivity contribution < 1.29 is 5.11 Å². The summed E-state index contributed by atoms with van der Waals surface area (Å²) in [6.07, 6.45) is 6.34. The quantitative estimate of drug-likeness (QED) is 0.388. The van der Waals surface area contributed by atoms with E-state index in [9.17, 15) is 10.4 Å². The van der Waals surface area contributed by atoms with Crippen LogP contribution < -0.4 is 11.1 Å². The highest BCUT2D eigenvalue weighted by Crippen LogP contribution is 2.25. The SMILES string of the molecule is CC(C)Nc1cc(-n2ncc3cc(C#N)c(N)nc32)ncc1-n1cc(CCC(C)(C)O)nn1. The van der Waals surface area contributed by atoms with Gasteiger partial charge in [-0.15, -0.1) is 5.10 Å². The normalized spacial score (nSPS) is 11.8. The first-order valence-corrected chi connectivity index (χ1v) is 10.6. The number of pyridine rings is 2. The number of hydrogen-bond acceptors (Lipinski definition) is 9. The molecular weight excluding hydrogens is 420 g/mol. The molecule has 0 amide bonds. The van der Waals surface area contributed by atoms with Crippen molar-refractivity contribution in [2.45, 2.75) is 52.2 Å². The summed E-state index contributed by atoms with van der Waals surface area (Å²) in [5, 5.41) is 36.2. The number of nitrogen functional groups attached to an aromatic ring is 1. The minimum absolute atomic E-state index is 0.144. The molecule has 0 saturated carbocycles. The molecule has 11 nitrogen and oxygen atoms in total. The molecule has 11 heteroatoms. The molecule has 4 aromatic rings. The van der Waals surface area contributed by atoms with Crippen LogP contribution in [0.5, 0.6) is 0 Å². The van der Waals surface area contributed by atoms with Gasteiger partial charge >= 0.3 is 0 Å². The van der Waals surface area contributed by atoms with E-state index in [1.54, 1.807) is 41.7 Å². The first-order valence-electron chi connectivity index (χ1n) is 10.6. The maximum absolute atomic E-state index is 9.98. The van der Waals surface area contributed by atoms with E-state index >= 15 is 0 Å². The minimum atomic E-state index is -0.769. The Kier molecular flexibility index (Phi) is 5.69. The number of aromatic nitrogens is 7. The van der Waals surface area contributed by atoms with Crippen LogP contribution in [-0.2, 0) is 6.42 Å². The smallest absolute Gasteiger partial charge is 0.167 e. The van der Waals surface area contributed by atoms with Crippen LogP contribution in [0.1, 0.15) is 45.4 Å². The molecule has 0 unspecified atom stereocenters. The number of rotatable bonds is 7. The molecule has 0 spiro atoms. The molecule has 0 atom stereocenters. The molecule has 0 fully saturated rings. The Morgan fingerprint density at radius 3 is 2.76 bits per heavy atom. The molecule has 4 rings (SSSR count). The van der Waals surface area contributed by atoms with Gasteiger partial charge in [-0.3, -0.25) is 0 Å². The summed E-state index contributed by atoms with van der Waals surface area (Å²) in [7, 11) is 0. The molecule has 0 aliphatic carbocycles. The van der Waals surface area contributed by atoms with Gasteiger partial charge in [-0.1, -0.05) is 5.21 Å². The third-order valence-corrected chi connectivity index (χ3v) is 5.00. The van der Waals surface area contributed by atoms with Crippen LogP contribution in [0.2, 0.25) is 0 Å². The number of nitrogens with two attached hydrogens (primary N) is 1. The first-order chi connectivity index (χ1) is 15.6. The maximum Gasteiger partial charge on any atom is 0.167 e. The summed E-state index contributed by atoms with van der Waals surface area (Å²) < 4.78 is 3.25. The molecule has 4 heterocycles. The zero-order valence-corrected chi connectivity index (χ0v) is 19.0. The van der Waals surface area contributed by atoms with Gasteiger partial charge in [0.1, 0.15) is 17.6 Å². The van der Waals surface area contributed by atoms with Crippen LogP contribution >= 0.6 is 0 Å². The number of anilines is 2. The topological polar surface area (TPSA) is 156 Å². The Morgan fingerprint density at radius 2 is 2.06 bits per heavy atom. The van der Waals surface area contributed by atoms with Crippen molar-refractivity contribution in [1.29, 1.82) is 5.26 Å². The lowest BCUT2D eigenvalue weighted by Gasteiger charge is -2.16. The summed E-state index contributed by atoms with van der Waals surface area (Å²) in [5.74, 6) is 0.681. The van der Waals surface area contributed by atoms with Gasteiger partial charge in [0.2, 0.25) is 0 Å². The number of aliphatic hydroxyl groups is 1. The van der Waals surface area contributed by atoms with E-state index in [2.05, 4.69) is 30.7 Å². The van der Waals surface area contributed by atoms with Gasteiger partial charge in [0.25, 0.3) is 0 Å². The van der Waals surface area contributed by atoms with E-state index in [1.165, 1.54) is 0 Å². The molecular formula is C22H26N10O. The van der Waals surface area contributed by atoms with E-state index in [0.29, 0.717) is 35.3 Å². The van der Waals surface area contributed by atoms with Gasteiger partial charge in [-0.25, -0.2) is 14.6 Å². The summed E-state index contributed by atoms with van der Waals surface area (Å²) in [4.78, 5) is 8.91. The summed E-state index contributed by atoms with van der Waals surface area (Å²) in [5.41, 5.74) is 8.26. The molecule has 4 aromatic heterocycles. The van der Waals surface area contributed by atoms with Crippen molar-refractivity contribution in [2.24, 2.45) is 0 Å². The minimum Gasteiger partial charge on any atom is -0.390 e. The van der Waals surface area contributed by atoms with Gasteiger partial charge in [0, 0.05) is 17.5 Å². The fourth-order valence-electron chi connectivity index (χ4n) is 3.36. The predicted molar refractivity (Wildman–Crippen MR) is 124 cm³/mol. The third kappa shape index (κ3) is 4.75. The van der Waals surface area contributed by atoms with Crippen LogP contribution in [0.3, 0.4) is 0 Å². The van der Waals surface area contributed by atoms with Crippen molar-refractivity contribution in [1.82, 2.24) is 34.7 Å². The lowest BCUT2D eigenvalue weighted by atomic mass is 10.0. The van der Waals surface area contributed by atoms with Gasteiger partial charge in [0.05, 0.1) is 41.1 Å². The molecule has 170 valence electrons. The standard InChI is InChI=1S/C22H26N10O/c1-13(2)27-17-8-19(32-21-15(10-26-32)7-14(9-23)20(24)28-21)25-11-18(17)31-12-16(29-30-31)5-6-22(3,4)33/h7-8,10-13,33H,5-6H2,1-4H3,(H2,24,28)(H,25,27). The van der Waals surface area contributed by atoms with Crippen LogP contribution in [0.4, 0.5) is 11.5 Å². The first kappa shape index (κ1) is 22.2. The summed E-state index contributed by atoms with van der Waals surface area (Å²) >= 11 is 0.